The number of anilines is 1. The van der Waals surface area contributed by atoms with Gasteiger partial charge in [-0.1, -0.05) is 0 Å². The third-order valence-corrected chi connectivity index (χ3v) is 3.69. The Hall–Kier alpha value is -2.99. The van der Waals surface area contributed by atoms with Gasteiger partial charge in [-0.05, 0) is 49.4 Å². The van der Waals surface area contributed by atoms with Crippen LogP contribution in [0, 0.1) is 12.7 Å². The number of amides is 1. The molecule has 0 aliphatic heterocycles. The van der Waals surface area contributed by atoms with Crippen molar-refractivity contribution in [3.63, 3.8) is 0 Å². The number of pyridine rings is 1. The molecule has 0 aliphatic carbocycles. The normalized spacial score (nSPS) is 10.7. The molecule has 2 aromatic carbocycles. The molecular weight excluding hydrogens is 323 g/mol. The summed E-state index contributed by atoms with van der Waals surface area (Å²) in [5, 5.41) is 12.2. The Kier molecular flexibility index (Phi) is 4.90. The average molecular weight is 340 g/mol. The van der Waals surface area contributed by atoms with E-state index in [0.29, 0.717) is 33.6 Å². The summed E-state index contributed by atoms with van der Waals surface area (Å²) in [6, 6.07) is 12.8. The van der Waals surface area contributed by atoms with Crippen molar-refractivity contribution < 1.29 is 19.0 Å². The van der Waals surface area contributed by atoms with E-state index in [1.165, 1.54) is 12.1 Å². The topological polar surface area (TPSA) is 71.5 Å². The van der Waals surface area contributed by atoms with Crippen LogP contribution in [0.5, 0.6) is 5.75 Å². The van der Waals surface area contributed by atoms with Gasteiger partial charge >= 0.3 is 0 Å². The molecule has 3 rings (SSSR count). The number of aliphatic hydroxyl groups excluding tert-OH is 1. The summed E-state index contributed by atoms with van der Waals surface area (Å²) in [6.45, 7) is 1.87. The van der Waals surface area contributed by atoms with Crippen LogP contribution in [0.25, 0.3) is 10.9 Å². The van der Waals surface area contributed by atoms with Gasteiger partial charge in [-0.25, -0.2) is 4.39 Å². The molecule has 0 bridgehead atoms. The van der Waals surface area contributed by atoms with Gasteiger partial charge in [-0.15, -0.1) is 0 Å². The number of nitrogens with zero attached hydrogens (tertiary/aromatic N) is 1. The number of nitrogens with one attached hydrogen (secondary N) is 1. The van der Waals surface area contributed by atoms with Crippen LogP contribution in [0.1, 0.15) is 16.1 Å². The lowest BCUT2D eigenvalue weighted by Crippen LogP contribution is -2.14. The molecular formula is C19H17FN2O3. The van der Waals surface area contributed by atoms with Crippen LogP contribution < -0.4 is 10.1 Å². The first-order valence-corrected chi connectivity index (χ1v) is 7.79. The maximum Gasteiger partial charge on any atom is 0.257 e. The summed E-state index contributed by atoms with van der Waals surface area (Å²) in [5.41, 5.74) is 2.08. The number of carbonyl (C=O) groups excluding carboxylic acids is 1. The Labute approximate surface area is 144 Å². The predicted molar refractivity (Wildman–Crippen MR) is 93.4 cm³/mol. The second-order valence-corrected chi connectivity index (χ2v) is 5.51. The van der Waals surface area contributed by atoms with Gasteiger partial charge in [0.15, 0.2) is 0 Å². The highest BCUT2D eigenvalue weighted by Gasteiger charge is 2.12. The molecule has 0 radical (unpaired) electrons. The van der Waals surface area contributed by atoms with Gasteiger partial charge in [0.05, 0.1) is 23.4 Å². The summed E-state index contributed by atoms with van der Waals surface area (Å²) in [6.07, 6.45) is 0. The van der Waals surface area contributed by atoms with Crippen molar-refractivity contribution in [2.24, 2.45) is 0 Å². The molecule has 0 atom stereocenters. The van der Waals surface area contributed by atoms with E-state index in [1.54, 1.807) is 43.3 Å². The number of fused-ring (bicyclic) bond motifs is 1. The fraction of sp³-hybridized carbons (Fsp3) is 0.158. The first-order chi connectivity index (χ1) is 12.1. The first kappa shape index (κ1) is 16.9. The van der Waals surface area contributed by atoms with Crippen LogP contribution in [0.2, 0.25) is 0 Å². The number of hydrogen-bond acceptors (Lipinski definition) is 4. The third kappa shape index (κ3) is 3.92. The highest BCUT2D eigenvalue weighted by molar-refractivity contribution is 6.06. The molecule has 0 saturated carbocycles. The van der Waals surface area contributed by atoms with E-state index in [2.05, 4.69) is 10.3 Å². The van der Waals surface area contributed by atoms with Crippen molar-refractivity contribution in [2.45, 2.75) is 6.92 Å². The summed E-state index contributed by atoms with van der Waals surface area (Å²) in [4.78, 5) is 16.8. The van der Waals surface area contributed by atoms with E-state index < -0.39 is 0 Å². The van der Waals surface area contributed by atoms with E-state index >= 15 is 0 Å². The monoisotopic (exact) mass is 340 g/mol. The minimum absolute atomic E-state index is 0.0589. The summed E-state index contributed by atoms with van der Waals surface area (Å²) in [7, 11) is 0. The van der Waals surface area contributed by atoms with Crippen LogP contribution in [-0.4, -0.2) is 29.2 Å². The molecule has 128 valence electrons. The number of aliphatic hydroxyl groups is 1. The van der Waals surface area contributed by atoms with Crippen molar-refractivity contribution in [1.29, 1.82) is 0 Å². The van der Waals surface area contributed by atoms with Crippen LogP contribution in [-0.2, 0) is 0 Å². The molecule has 6 heteroatoms. The van der Waals surface area contributed by atoms with Gasteiger partial charge in [0.25, 0.3) is 5.91 Å². The average Bonchev–Trinajstić information content (AvgIpc) is 2.60. The fourth-order valence-electron chi connectivity index (χ4n) is 2.46. The third-order valence-electron chi connectivity index (χ3n) is 3.69. The van der Waals surface area contributed by atoms with Crippen LogP contribution in [0.3, 0.4) is 0 Å². The number of halogens is 1. The molecule has 0 spiro atoms. The second kappa shape index (κ2) is 7.27. The Morgan fingerprint density at radius 2 is 1.96 bits per heavy atom. The lowest BCUT2D eigenvalue weighted by atomic mass is 10.1. The van der Waals surface area contributed by atoms with E-state index in [-0.39, 0.29) is 24.9 Å². The molecule has 1 heterocycles. The molecule has 25 heavy (non-hydrogen) atoms. The maximum atomic E-state index is 13.3. The largest absolute Gasteiger partial charge is 0.491 e. The molecule has 0 fully saturated rings. The highest BCUT2D eigenvalue weighted by Crippen LogP contribution is 2.20. The number of benzene rings is 2. The van der Waals surface area contributed by atoms with Crippen molar-refractivity contribution in [1.82, 2.24) is 4.98 Å². The zero-order valence-electron chi connectivity index (χ0n) is 13.6. The molecule has 0 aliphatic rings. The number of hydrogen-bond donors (Lipinski definition) is 2. The van der Waals surface area contributed by atoms with Crippen LogP contribution in [0.15, 0.2) is 48.5 Å². The number of aryl methyl sites for hydroxylation is 1. The number of rotatable bonds is 5. The molecule has 2 N–H and O–H groups in total. The summed E-state index contributed by atoms with van der Waals surface area (Å²) in [5.74, 6) is -0.0435. The number of aromatic nitrogens is 1. The fourth-order valence-corrected chi connectivity index (χ4v) is 2.46. The van der Waals surface area contributed by atoms with Crippen molar-refractivity contribution in [3.8, 4) is 5.75 Å². The minimum Gasteiger partial charge on any atom is -0.491 e. The molecule has 1 aromatic heterocycles. The molecule has 1 amide bonds. The van der Waals surface area contributed by atoms with E-state index in [0.717, 1.165) is 0 Å². The van der Waals surface area contributed by atoms with E-state index in [1.807, 2.05) is 0 Å². The smallest absolute Gasteiger partial charge is 0.257 e. The van der Waals surface area contributed by atoms with Crippen LogP contribution >= 0.6 is 0 Å². The van der Waals surface area contributed by atoms with Gasteiger partial charge in [-0.2, -0.15) is 0 Å². The van der Waals surface area contributed by atoms with Gasteiger partial charge in [0.1, 0.15) is 18.2 Å². The SMILES string of the molecule is Cc1nc2cc(F)ccc2cc1C(=O)Nc1ccc(OCCO)cc1. The standard InChI is InChI=1S/C19H17FN2O3/c1-12-17(10-13-2-3-14(20)11-18(13)21-12)19(24)22-15-4-6-16(7-5-15)25-9-8-23/h2-7,10-11,23H,8-9H2,1H3,(H,22,24). The predicted octanol–water partition coefficient (Wildman–Crippen LogP) is 3.31. The zero-order chi connectivity index (χ0) is 17.8. The first-order valence-electron chi connectivity index (χ1n) is 7.79. The van der Waals surface area contributed by atoms with Crippen molar-refractivity contribution >= 4 is 22.5 Å². The summed E-state index contributed by atoms with van der Waals surface area (Å²) >= 11 is 0. The number of carbonyl (C=O) groups is 1. The van der Waals surface area contributed by atoms with Crippen molar-refractivity contribution in [3.05, 3.63) is 65.6 Å². The Morgan fingerprint density at radius 1 is 1.20 bits per heavy atom. The molecule has 3 aromatic rings. The maximum absolute atomic E-state index is 13.3. The van der Waals surface area contributed by atoms with E-state index in [4.69, 9.17) is 9.84 Å². The van der Waals surface area contributed by atoms with Crippen molar-refractivity contribution in [2.75, 3.05) is 18.5 Å². The lowest BCUT2D eigenvalue weighted by molar-refractivity contribution is 0.102. The van der Waals surface area contributed by atoms with Gasteiger partial charge in [0.2, 0.25) is 0 Å². The lowest BCUT2D eigenvalue weighted by Gasteiger charge is -2.10. The van der Waals surface area contributed by atoms with Gasteiger partial charge < -0.3 is 15.2 Å². The van der Waals surface area contributed by atoms with E-state index in [9.17, 15) is 9.18 Å². The Morgan fingerprint density at radius 3 is 2.68 bits per heavy atom. The Bertz CT molecular complexity index is 910. The summed E-state index contributed by atoms with van der Waals surface area (Å²) < 4.78 is 18.6. The second-order valence-electron chi connectivity index (χ2n) is 5.51. The number of ether oxygens (including phenoxy) is 1. The minimum atomic E-state index is -0.361. The molecule has 0 saturated heterocycles. The highest BCUT2D eigenvalue weighted by atomic mass is 19.1. The molecule has 0 unspecified atom stereocenters. The van der Waals surface area contributed by atoms with Gasteiger partial charge in [-0.3, -0.25) is 9.78 Å². The Balaban J connectivity index is 1.80. The zero-order valence-corrected chi connectivity index (χ0v) is 13.6. The van der Waals surface area contributed by atoms with Crippen LogP contribution in [0.4, 0.5) is 10.1 Å². The molecule has 5 nitrogen and oxygen atoms in total. The van der Waals surface area contributed by atoms with Gasteiger partial charge in [0, 0.05) is 17.1 Å². The quantitative estimate of drug-likeness (QED) is 0.747.